The number of piperidine rings is 1. The molecule has 2 rings (SSSR count). The van der Waals surface area contributed by atoms with Crippen molar-refractivity contribution in [3.05, 3.63) is 35.9 Å². The first-order chi connectivity index (χ1) is 10.3. The first kappa shape index (κ1) is 16.9. The Morgan fingerprint density at radius 1 is 1.36 bits per heavy atom. The largest absolute Gasteiger partial charge is 0.391 e. The molecule has 1 heterocycles. The topological polar surface area (TPSA) is 86.7 Å². The van der Waals surface area contributed by atoms with Crippen molar-refractivity contribution < 1.29 is 18.3 Å². The minimum absolute atomic E-state index is 0.120. The van der Waals surface area contributed by atoms with Crippen LogP contribution in [0.15, 0.2) is 30.3 Å². The third-order valence-electron chi connectivity index (χ3n) is 3.90. The Hall–Kier alpha value is -1.44. The van der Waals surface area contributed by atoms with Crippen LogP contribution in [0.5, 0.6) is 0 Å². The zero-order valence-electron chi connectivity index (χ0n) is 12.6. The maximum atomic E-state index is 11.9. The van der Waals surface area contributed by atoms with Crippen molar-refractivity contribution in [1.82, 2.24) is 9.62 Å². The van der Waals surface area contributed by atoms with Crippen LogP contribution in [0.2, 0.25) is 0 Å². The fourth-order valence-electron chi connectivity index (χ4n) is 2.67. The van der Waals surface area contributed by atoms with Crippen LogP contribution < -0.4 is 4.72 Å². The van der Waals surface area contributed by atoms with Gasteiger partial charge in [0, 0.05) is 13.1 Å². The molecule has 0 unspecified atom stereocenters. The predicted molar refractivity (Wildman–Crippen MR) is 83.7 cm³/mol. The summed E-state index contributed by atoms with van der Waals surface area (Å²) in [7, 11) is -3.38. The van der Waals surface area contributed by atoms with Crippen LogP contribution in [0, 0.1) is 5.92 Å². The van der Waals surface area contributed by atoms with E-state index in [-0.39, 0.29) is 24.9 Å². The lowest BCUT2D eigenvalue weighted by molar-refractivity contribution is -0.134. The summed E-state index contributed by atoms with van der Waals surface area (Å²) in [5, 5.41) is 10.2. The summed E-state index contributed by atoms with van der Waals surface area (Å²) in [4.78, 5) is 13.5. The highest BCUT2D eigenvalue weighted by atomic mass is 32.2. The molecule has 0 saturated carbocycles. The Labute approximate surface area is 131 Å². The Morgan fingerprint density at radius 3 is 2.64 bits per heavy atom. The van der Waals surface area contributed by atoms with E-state index < -0.39 is 16.1 Å². The molecule has 7 heteroatoms. The second kappa shape index (κ2) is 7.21. The number of nitrogens with one attached hydrogen (secondary N) is 1. The van der Waals surface area contributed by atoms with E-state index in [9.17, 15) is 18.3 Å². The van der Waals surface area contributed by atoms with Crippen LogP contribution in [-0.2, 0) is 21.2 Å². The number of β-amino-alcohol motifs (C(OH)–C–C–N with tert-alkyl or cyclic N) is 1. The normalized spacial score (nSPS) is 22.5. The number of benzene rings is 1. The number of carbonyl (C=O) groups excluding carboxylic acids is 1. The smallest absolute Gasteiger partial charge is 0.237 e. The molecule has 1 aromatic carbocycles. The van der Waals surface area contributed by atoms with Crippen LogP contribution in [0.1, 0.15) is 12.0 Å². The molecule has 0 radical (unpaired) electrons. The molecule has 122 valence electrons. The van der Waals surface area contributed by atoms with Gasteiger partial charge in [-0.1, -0.05) is 30.3 Å². The van der Waals surface area contributed by atoms with Crippen molar-refractivity contribution in [1.29, 1.82) is 0 Å². The number of carbonyl (C=O) groups is 1. The van der Waals surface area contributed by atoms with E-state index in [0.717, 1.165) is 12.7 Å². The molecule has 2 atom stereocenters. The summed E-state index contributed by atoms with van der Waals surface area (Å²) >= 11 is 0. The summed E-state index contributed by atoms with van der Waals surface area (Å²) in [6, 6.07) is 9.95. The van der Waals surface area contributed by atoms with Gasteiger partial charge in [-0.25, -0.2) is 13.1 Å². The van der Waals surface area contributed by atoms with Crippen molar-refractivity contribution in [2.75, 3.05) is 25.9 Å². The molecule has 1 aliphatic heterocycles. The second-order valence-electron chi connectivity index (χ2n) is 5.74. The van der Waals surface area contributed by atoms with Crippen molar-refractivity contribution in [3.63, 3.8) is 0 Å². The molecule has 0 aliphatic carbocycles. The van der Waals surface area contributed by atoms with E-state index in [2.05, 4.69) is 4.72 Å². The highest BCUT2D eigenvalue weighted by Gasteiger charge is 2.30. The Kier molecular flexibility index (Phi) is 5.55. The van der Waals surface area contributed by atoms with Gasteiger partial charge < -0.3 is 10.0 Å². The quantitative estimate of drug-likeness (QED) is 0.797. The zero-order valence-corrected chi connectivity index (χ0v) is 13.4. The zero-order chi connectivity index (χ0) is 16.2. The first-order valence-corrected chi connectivity index (χ1v) is 9.18. The van der Waals surface area contributed by atoms with E-state index in [0.29, 0.717) is 13.0 Å². The standard InChI is InChI=1S/C15H22N2O4S/c1-22(20,21)16-10-15(19)17-8-7-13(14(18)11-17)9-12-5-3-2-4-6-12/h2-6,13-14,16,18H,7-11H2,1H3/t13-,14+/m1/s1. The molecule has 1 saturated heterocycles. The molecule has 1 aliphatic rings. The van der Waals surface area contributed by atoms with Gasteiger partial charge in [-0.2, -0.15) is 0 Å². The van der Waals surface area contributed by atoms with E-state index in [1.54, 1.807) is 0 Å². The van der Waals surface area contributed by atoms with Crippen molar-refractivity contribution in [2.24, 2.45) is 5.92 Å². The number of aliphatic hydroxyl groups excluding tert-OH is 1. The van der Waals surface area contributed by atoms with Crippen molar-refractivity contribution in [3.8, 4) is 0 Å². The van der Waals surface area contributed by atoms with E-state index >= 15 is 0 Å². The van der Waals surface area contributed by atoms with E-state index in [1.165, 1.54) is 10.5 Å². The number of aliphatic hydroxyl groups is 1. The molecule has 1 amide bonds. The molecule has 0 aromatic heterocycles. The molecular formula is C15H22N2O4S. The molecule has 1 fully saturated rings. The summed E-state index contributed by atoms with van der Waals surface area (Å²) in [6.07, 6.45) is 1.92. The van der Waals surface area contributed by atoms with Crippen LogP contribution in [-0.4, -0.2) is 56.3 Å². The van der Waals surface area contributed by atoms with E-state index in [1.807, 2.05) is 30.3 Å². The number of hydrogen-bond donors (Lipinski definition) is 2. The van der Waals surface area contributed by atoms with Gasteiger partial charge in [0.1, 0.15) is 0 Å². The van der Waals surface area contributed by atoms with Gasteiger partial charge in [0.25, 0.3) is 0 Å². The van der Waals surface area contributed by atoms with Gasteiger partial charge >= 0.3 is 0 Å². The van der Waals surface area contributed by atoms with Gasteiger partial charge in [-0.3, -0.25) is 4.79 Å². The molecule has 0 bridgehead atoms. The SMILES string of the molecule is CS(=O)(=O)NCC(=O)N1CC[C@H](Cc2ccccc2)[C@@H](O)C1. The fourth-order valence-corrected chi connectivity index (χ4v) is 3.05. The lowest BCUT2D eigenvalue weighted by atomic mass is 9.88. The lowest BCUT2D eigenvalue weighted by Gasteiger charge is -2.36. The molecule has 1 aromatic rings. The minimum Gasteiger partial charge on any atom is -0.391 e. The van der Waals surface area contributed by atoms with Crippen LogP contribution >= 0.6 is 0 Å². The fraction of sp³-hybridized carbons (Fsp3) is 0.533. The molecule has 2 N–H and O–H groups in total. The predicted octanol–water partition coefficient (Wildman–Crippen LogP) is -0.0123. The third-order valence-corrected chi connectivity index (χ3v) is 4.57. The summed E-state index contributed by atoms with van der Waals surface area (Å²) in [6.45, 7) is 0.537. The van der Waals surface area contributed by atoms with Crippen molar-refractivity contribution in [2.45, 2.75) is 18.9 Å². The third kappa shape index (κ3) is 5.08. The van der Waals surface area contributed by atoms with Gasteiger partial charge in [0.05, 0.1) is 18.9 Å². The minimum atomic E-state index is -3.38. The van der Waals surface area contributed by atoms with Crippen LogP contribution in [0.3, 0.4) is 0 Å². The van der Waals surface area contributed by atoms with Crippen LogP contribution in [0.25, 0.3) is 0 Å². The number of sulfonamides is 1. The summed E-state index contributed by atoms with van der Waals surface area (Å²) in [5.41, 5.74) is 1.17. The summed E-state index contributed by atoms with van der Waals surface area (Å²) < 4.78 is 24.2. The van der Waals surface area contributed by atoms with E-state index in [4.69, 9.17) is 0 Å². The molecular weight excluding hydrogens is 304 g/mol. The number of likely N-dealkylation sites (tertiary alicyclic amines) is 1. The maximum absolute atomic E-state index is 11.9. The number of rotatable bonds is 5. The highest BCUT2D eigenvalue weighted by Crippen LogP contribution is 2.22. The van der Waals surface area contributed by atoms with Crippen LogP contribution in [0.4, 0.5) is 0 Å². The summed E-state index contributed by atoms with van der Waals surface area (Å²) in [5.74, 6) is -0.183. The Morgan fingerprint density at radius 2 is 2.05 bits per heavy atom. The molecule has 22 heavy (non-hydrogen) atoms. The number of amides is 1. The molecule has 6 nitrogen and oxygen atoms in total. The second-order valence-corrected chi connectivity index (χ2v) is 7.57. The Bertz CT molecular complexity index is 603. The van der Waals surface area contributed by atoms with Gasteiger partial charge in [-0.15, -0.1) is 0 Å². The van der Waals surface area contributed by atoms with Gasteiger partial charge in [0.15, 0.2) is 0 Å². The Balaban J connectivity index is 1.85. The average Bonchev–Trinajstić information content (AvgIpc) is 2.47. The van der Waals surface area contributed by atoms with Crippen molar-refractivity contribution >= 4 is 15.9 Å². The van der Waals surface area contributed by atoms with Gasteiger partial charge in [0.2, 0.25) is 15.9 Å². The highest BCUT2D eigenvalue weighted by molar-refractivity contribution is 7.88. The maximum Gasteiger partial charge on any atom is 0.237 e. The molecule has 0 spiro atoms. The monoisotopic (exact) mass is 326 g/mol. The average molecular weight is 326 g/mol. The first-order valence-electron chi connectivity index (χ1n) is 7.29. The number of hydrogen-bond acceptors (Lipinski definition) is 4. The van der Waals surface area contributed by atoms with Gasteiger partial charge in [-0.05, 0) is 24.3 Å². The number of nitrogens with zero attached hydrogens (tertiary/aromatic N) is 1. The lowest BCUT2D eigenvalue weighted by Crippen LogP contribution is -2.49.